The minimum Gasteiger partial charge on any atom is -0.412 e. The molecule has 0 atom stereocenters. The SMILES string of the molecule is CN(CCc1ccncc1)C(=O)c1nnc(-c2ccc(F)cc2)o1. The fraction of sp³-hybridized carbons (Fsp3) is 0.176. The second-order valence-electron chi connectivity index (χ2n) is 5.25. The minimum atomic E-state index is -0.357. The molecule has 0 saturated heterocycles. The van der Waals surface area contributed by atoms with Gasteiger partial charge in [-0.2, -0.15) is 0 Å². The quantitative estimate of drug-likeness (QED) is 0.720. The number of likely N-dealkylation sites (N-methyl/N-ethyl adjacent to an activating group) is 1. The van der Waals surface area contributed by atoms with Crippen molar-refractivity contribution in [2.24, 2.45) is 0 Å². The van der Waals surface area contributed by atoms with Crippen molar-refractivity contribution in [1.29, 1.82) is 0 Å². The maximum atomic E-state index is 12.9. The van der Waals surface area contributed by atoms with E-state index in [1.165, 1.54) is 29.2 Å². The number of halogens is 1. The zero-order valence-electron chi connectivity index (χ0n) is 13.0. The van der Waals surface area contributed by atoms with E-state index in [2.05, 4.69) is 15.2 Å². The number of hydrogen-bond acceptors (Lipinski definition) is 5. The van der Waals surface area contributed by atoms with Crippen LogP contribution in [0.1, 0.15) is 16.2 Å². The van der Waals surface area contributed by atoms with Gasteiger partial charge in [0.2, 0.25) is 5.89 Å². The Morgan fingerprint density at radius 2 is 1.83 bits per heavy atom. The van der Waals surface area contributed by atoms with Gasteiger partial charge in [0.1, 0.15) is 5.82 Å². The normalized spacial score (nSPS) is 10.6. The lowest BCUT2D eigenvalue weighted by Crippen LogP contribution is -2.29. The number of benzene rings is 1. The molecule has 0 aliphatic heterocycles. The van der Waals surface area contributed by atoms with E-state index in [9.17, 15) is 9.18 Å². The summed E-state index contributed by atoms with van der Waals surface area (Å²) in [6, 6.07) is 9.42. The van der Waals surface area contributed by atoms with Crippen molar-refractivity contribution in [3.63, 3.8) is 0 Å². The van der Waals surface area contributed by atoms with Gasteiger partial charge in [0, 0.05) is 31.5 Å². The molecule has 2 heterocycles. The van der Waals surface area contributed by atoms with Gasteiger partial charge >= 0.3 is 11.8 Å². The van der Waals surface area contributed by atoms with Crippen LogP contribution in [0.5, 0.6) is 0 Å². The highest BCUT2D eigenvalue weighted by atomic mass is 19.1. The Kier molecular flexibility index (Phi) is 4.60. The molecule has 0 N–H and O–H groups in total. The van der Waals surface area contributed by atoms with E-state index in [1.807, 2.05) is 12.1 Å². The van der Waals surface area contributed by atoms with Crippen molar-refractivity contribution in [3.05, 3.63) is 66.1 Å². The number of rotatable bonds is 5. The lowest BCUT2D eigenvalue weighted by molar-refractivity contribution is 0.0758. The van der Waals surface area contributed by atoms with Crippen LogP contribution < -0.4 is 0 Å². The molecule has 1 amide bonds. The molecule has 2 aromatic heterocycles. The summed E-state index contributed by atoms with van der Waals surface area (Å²) < 4.78 is 18.3. The highest BCUT2D eigenvalue weighted by molar-refractivity contribution is 5.89. The minimum absolute atomic E-state index is 0.0912. The van der Waals surface area contributed by atoms with Crippen molar-refractivity contribution in [2.45, 2.75) is 6.42 Å². The molecule has 0 fully saturated rings. The zero-order chi connectivity index (χ0) is 16.9. The van der Waals surface area contributed by atoms with Crippen LogP contribution in [0.2, 0.25) is 0 Å². The van der Waals surface area contributed by atoms with Gasteiger partial charge < -0.3 is 9.32 Å². The summed E-state index contributed by atoms with van der Waals surface area (Å²) in [5, 5.41) is 7.62. The largest absolute Gasteiger partial charge is 0.412 e. The first kappa shape index (κ1) is 15.8. The molecule has 0 saturated carbocycles. The van der Waals surface area contributed by atoms with Crippen molar-refractivity contribution >= 4 is 5.91 Å². The topological polar surface area (TPSA) is 72.1 Å². The Labute approximate surface area is 138 Å². The molecule has 7 heteroatoms. The second-order valence-corrected chi connectivity index (χ2v) is 5.25. The Morgan fingerprint density at radius 3 is 2.54 bits per heavy atom. The summed E-state index contributed by atoms with van der Waals surface area (Å²) >= 11 is 0. The molecule has 3 rings (SSSR count). The summed E-state index contributed by atoms with van der Waals surface area (Å²) in [5.74, 6) is -0.622. The van der Waals surface area contributed by atoms with Gasteiger partial charge in [0.25, 0.3) is 0 Å². The standard InChI is InChI=1S/C17H15FN4O2/c1-22(11-8-12-6-9-19-10-7-12)17(23)16-21-20-15(24-16)13-2-4-14(18)5-3-13/h2-7,9-10H,8,11H2,1H3. The Hall–Kier alpha value is -3.09. The predicted molar refractivity (Wildman–Crippen MR) is 84.6 cm³/mol. The molecular weight excluding hydrogens is 311 g/mol. The van der Waals surface area contributed by atoms with Crippen molar-refractivity contribution in [1.82, 2.24) is 20.1 Å². The predicted octanol–water partition coefficient (Wildman–Crippen LogP) is 2.59. The van der Waals surface area contributed by atoms with Crippen LogP contribution in [-0.4, -0.2) is 39.6 Å². The number of hydrogen-bond donors (Lipinski definition) is 0. The lowest BCUT2D eigenvalue weighted by atomic mass is 10.2. The summed E-state index contributed by atoms with van der Waals surface area (Å²) in [7, 11) is 1.67. The molecule has 1 aromatic carbocycles. The average molecular weight is 326 g/mol. The smallest absolute Gasteiger partial charge is 0.311 e. The number of aromatic nitrogens is 3. The van der Waals surface area contributed by atoms with Gasteiger partial charge in [0.05, 0.1) is 0 Å². The maximum absolute atomic E-state index is 12.9. The van der Waals surface area contributed by atoms with E-state index >= 15 is 0 Å². The molecule has 3 aromatic rings. The molecule has 122 valence electrons. The first-order chi connectivity index (χ1) is 11.6. The Balaban J connectivity index is 1.65. The van der Waals surface area contributed by atoms with Gasteiger partial charge in [-0.25, -0.2) is 4.39 Å². The third-order valence-electron chi connectivity index (χ3n) is 3.53. The van der Waals surface area contributed by atoms with Gasteiger partial charge in [-0.15, -0.1) is 10.2 Å². The van der Waals surface area contributed by atoms with Crippen LogP contribution in [0.3, 0.4) is 0 Å². The number of carbonyl (C=O) groups excluding carboxylic acids is 1. The Bertz CT molecular complexity index is 818. The first-order valence-corrected chi connectivity index (χ1v) is 7.37. The summed E-state index contributed by atoms with van der Waals surface area (Å²) in [6.07, 6.45) is 4.12. The van der Waals surface area contributed by atoms with E-state index in [0.717, 1.165) is 5.56 Å². The first-order valence-electron chi connectivity index (χ1n) is 7.37. The van der Waals surface area contributed by atoms with E-state index < -0.39 is 0 Å². The van der Waals surface area contributed by atoms with Crippen LogP contribution in [0.15, 0.2) is 53.2 Å². The molecule has 0 aliphatic carbocycles. The fourth-order valence-corrected chi connectivity index (χ4v) is 2.13. The molecule has 6 nitrogen and oxygen atoms in total. The number of carbonyl (C=O) groups is 1. The molecule has 0 unspecified atom stereocenters. The molecule has 0 aliphatic rings. The van der Waals surface area contributed by atoms with Gasteiger partial charge in [-0.1, -0.05) is 0 Å². The van der Waals surface area contributed by atoms with Crippen LogP contribution >= 0.6 is 0 Å². The number of amides is 1. The summed E-state index contributed by atoms with van der Waals surface area (Å²) in [4.78, 5) is 17.8. The summed E-state index contributed by atoms with van der Waals surface area (Å²) in [5.41, 5.74) is 1.64. The highest BCUT2D eigenvalue weighted by Crippen LogP contribution is 2.18. The van der Waals surface area contributed by atoms with Gasteiger partial charge in [0.15, 0.2) is 0 Å². The van der Waals surface area contributed by atoms with Gasteiger partial charge in [-0.05, 0) is 48.4 Å². The van der Waals surface area contributed by atoms with Gasteiger partial charge in [-0.3, -0.25) is 9.78 Å². The third-order valence-corrected chi connectivity index (χ3v) is 3.53. The van der Waals surface area contributed by atoms with Crippen molar-refractivity contribution in [2.75, 3.05) is 13.6 Å². The number of pyridine rings is 1. The van der Waals surface area contributed by atoms with E-state index in [1.54, 1.807) is 19.4 Å². The molecule has 0 bridgehead atoms. The lowest BCUT2D eigenvalue weighted by Gasteiger charge is -2.14. The highest BCUT2D eigenvalue weighted by Gasteiger charge is 2.19. The second kappa shape index (κ2) is 6.99. The van der Waals surface area contributed by atoms with E-state index in [0.29, 0.717) is 18.5 Å². The van der Waals surface area contributed by atoms with Crippen LogP contribution in [0.4, 0.5) is 4.39 Å². The maximum Gasteiger partial charge on any atom is 0.311 e. The van der Waals surface area contributed by atoms with E-state index in [4.69, 9.17) is 4.42 Å². The molecular formula is C17H15FN4O2. The van der Waals surface area contributed by atoms with Crippen LogP contribution in [0, 0.1) is 5.82 Å². The Morgan fingerprint density at radius 1 is 1.12 bits per heavy atom. The molecule has 24 heavy (non-hydrogen) atoms. The average Bonchev–Trinajstić information content (AvgIpc) is 3.10. The van der Waals surface area contributed by atoms with Crippen molar-refractivity contribution in [3.8, 4) is 11.5 Å². The van der Waals surface area contributed by atoms with Crippen molar-refractivity contribution < 1.29 is 13.6 Å². The van der Waals surface area contributed by atoms with E-state index in [-0.39, 0.29) is 23.5 Å². The fourth-order valence-electron chi connectivity index (χ4n) is 2.13. The number of nitrogens with zero attached hydrogens (tertiary/aromatic N) is 4. The molecule has 0 spiro atoms. The summed E-state index contributed by atoms with van der Waals surface area (Å²) in [6.45, 7) is 0.511. The third kappa shape index (κ3) is 3.62. The molecule has 0 radical (unpaired) electrons. The van der Waals surface area contributed by atoms with Crippen LogP contribution in [0.25, 0.3) is 11.5 Å². The van der Waals surface area contributed by atoms with Crippen LogP contribution in [-0.2, 0) is 6.42 Å². The monoisotopic (exact) mass is 326 g/mol. The zero-order valence-corrected chi connectivity index (χ0v) is 13.0.